The molecule has 2 unspecified atom stereocenters. The summed E-state index contributed by atoms with van der Waals surface area (Å²) in [7, 11) is 0. The Morgan fingerprint density at radius 1 is 1.45 bits per heavy atom. The van der Waals surface area contributed by atoms with E-state index in [2.05, 4.69) is 46.9 Å². The van der Waals surface area contributed by atoms with Gasteiger partial charge in [-0.1, -0.05) is 13.0 Å². The van der Waals surface area contributed by atoms with Crippen molar-refractivity contribution in [1.82, 2.24) is 14.7 Å². The van der Waals surface area contributed by atoms with Crippen LogP contribution in [0.15, 0.2) is 24.4 Å². The van der Waals surface area contributed by atoms with Gasteiger partial charge >= 0.3 is 0 Å². The minimum absolute atomic E-state index is 0.436. The predicted molar refractivity (Wildman–Crippen MR) is 79.8 cm³/mol. The molecule has 2 aromatic heterocycles. The molecule has 0 saturated carbocycles. The Bertz CT molecular complexity index is 578. The van der Waals surface area contributed by atoms with Crippen molar-refractivity contribution in [1.29, 1.82) is 0 Å². The van der Waals surface area contributed by atoms with Crippen LogP contribution in [0.4, 0.5) is 0 Å². The van der Waals surface area contributed by atoms with E-state index in [-0.39, 0.29) is 0 Å². The average molecular weight is 273 g/mol. The van der Waals surface area contributed by atoms with Gasteiger partial charge in [-0.05, 0) is 37.8 Å². The molecule has 4 nitrogen and oxygen atoms in total. The van der Waals surface area contributed by atoms with Crippen molar-refractivity contribution < 1.29 is 4.74 Å². The Labute approximate surface area is 120 Å². The summed E-state index contributed by atoms with van der Waals surface area (Å²) >= 11 is 0. The maximum absolute atomic E-state index is 5.74. The lowest BCUT2D eigenvalue weighted by molar-refractivity contribution is 0.0872. The number of fused-ring (bicyclic) bond motifs is 1. The van der Waals surface area contributed by atoms with Crippen molar-refractivity contribution in [2.45, 2.75) is 39.3 Å². The van der Waals surface area contributed by atoms with Crippen LogP contribution in [0.2, 0.25) is 0 Å². The summed E-state index contributed by atoms with van der Waals surface area (Å²) in [6, 6.07) is 6.13. The van der Waals surface area contributed by atoms with Gasteiger partial charge in [0, 0.05) is 25.9 Å². The zero-order valence-electron chi connectivity index (χ0n) is 12.3. The number of aromatic nitrogens is 2. The average Bonchev–Trinajstić information content (AvgIpc) is 3.03. The molecule has 20 heavy (non-hydrogen) atoms. The van der Waals surface area contributed by atoms with Gasteiger partial charge in [-0.25, -0.2) is 4.98 Å². The molecule has 0 radical (unpaired) electrons. The fourth-order valence-electron chi connectivity index (χ4n) is 3.13. The Hall–Kier alpha value is -1.39. The van der Waals surface area contributed by atoms with Crippen LogP contribution in [-0.4, -0.2) is 28.6 Å². The monoisotopic (exact) mass is 273 g/mol. The molecule has 3 heterocycles. The smallest absolute Gasteiger partial charge is 0.137 e. The summed E-state index contributed by atoms with van der Waals surface area (Å²) in [5.41, 5.74) is 3.39. The maximum atomic E-state index is 5.74. The Kier molecular flexibility index (Phi) is 4.03. The van der Waals surface area contributed by atoms with E-state index in [0.29, 0.717) is 12.0 Å². The van der Waals surface area contributed by atoms with Gasteiger partial charge < -0.3 is 14.5 Å². The number of imidazole rings is 1. The summed E-state index contributed by atoms with van der Waals surface area (Å²) in [6.45, 7) is 7.09. The molecule has 1 saturated heterocycles. The fourth-order valence-corrected chi connectivity index (χ4v) is 3.13. The van der Waals surface area contributed by atoms with Gasteiger partial charge in [0.1, 0.15) is 5.65 Å². The summed E-state index contributed by atoms with van der Waals surface area (Å²) in [5.74, 6) is 0.652. The van der Waals surface area contributed by atoms with Crippen molar-refractivity contribution in [3.63, 3.8) is 0 Å². The Morgan fingerprint density at radius 3 is 3.20 bits per heavy atom. The molecule has 1 N–H and O–H groups in total. The Morgan fingerprint density at radius 2 is 2.35 bits per heavy atom. The van der Waals surface area contributed by atoms with Gasteiger partial charge in [-0.2, -0.15) is 0 Å². The first-order chi connectivity index (χ1) is 9.79. The number of nitrogens with one attached hydrogen (secondary N) is 1. The molecule has 0 bridgehead atoms. The van der Waals surface area contributed by atoms with Gasteiger partial charge in [0.05, 0.1) is 17.5 Å². The molecule has 1 aliphatic rings. The summed E-state index contributed by atoms with van der Waals surface area (Å²) < 4.78 is 7.91. The van der Waals surface area contributed by atoms with Crippen LogP contribution in [0.25, 0.3) is 5.65 Å². The van der Waals surface area contributed by atoms with Crippen LogP contribution in [0.3, 0.4) is 0 Å². The first-order valence-electron chi connectivity index (χ1n) is 7.54. The minimum atomic E-state index is 0.436. The molecule has 3 rings (SSSR count). The quantitative estimate of drug-likeness (QED) is 0.910. The third-order valence-corrected chi connectivity index (χ3v) is 4.28. The molecule has 1 aliphatic heterocycles. The number of nitrogens with zero attached hydrogens (tertiary/aromatic N) is 2. The largest absolute Gasteiger partial charge is 0.378 e. The van der Waals surface area contributed by atoms with Crippen LogP contribution >= 0.6 is 0 Å². The van der Waals surface area contributed by atoms with E-state index in [4.69, 9.17) is 4.74 Å². The van der Waals surface area contributed by atoms with Gasteiger partial charge in [0.25, 0.3) is 0 Å². The van der Waals surface area contributed by atoms with Crippen molar-refractivity contribution in [3.05, 3.63) is 35.8 Å². The first-order valence-corrected chi connectivity index (χ1v) is 7.54. The third-order valence-electron chi connectivity index (χ3n) is 4.28. The maximum Gasteiger partial charge on any atom is 0.137 e. The summed E-state index contributed by atoms with van der Waals surface area (Å²) in [6.07, 6.45) is 4.81. The van der Waals surface area contributed by atoms with E-state index in [1.807, 2.05) is 6.07 Å². The van der Waals surface area contributed by atoms with E-state index in [0.717, 1.165) is 37.5 Å². The minimum Gasteiger partial charge on any atom is -0.378 e. The zero-order valence-corrected chi connectivity index (χ0v) is 12.3. The van der Waals surface area contributed by atoms with Crippen LogP contribution in [0.1, 0.15) is 31.2 Å². The first kappa shape index (κ1) is 13.6. The van der Waals surface area contributed by atoms with E-state index >= 15 is 0 Å². The molecule has 2 atom stereocenters. The van der Waals surface area contributed by atoms with Crippen LogP contribution < -0.4 is 5.32 Å². The number of hydrogen-bond donors (Lipinski definition) is 1. The summed E-state index contributed by atoms with van der Waals surface area (Å²) in [4.78, 5) is 4.59. The fraction of sp³-hybridized carbons (Fsp3) is 0.562. The molecular weight excluding hydrogens is 250 g/mol. The molecule has 1 fully saturated rings. The molecule has 0 aromatic carbocycles. The molecule has 0 spiro atoms. The molecule has 4 heteroatoms. The number of rotatable bonds is 5. The topological polar surface area (TPSA) is 38.6 Å². The zero-order chi connectivity index (χ0) is 13.9. The lowest BCUT2D eigenvalue weighted by Crippen LogP contribution is -2.28. The van der Waals surface area contributed by atoms with Crippen molar-refractivity contribution in [2.24, 2.45) is 5.92 Å². The molecule has 0 amide bonds. The van der Waals surface area contributed by atoms with Crippen LogP contribution in [-0.2, 0) is 11.3 Å². The SMILES string of the molecule is CCC1OCCC1CNCc1c(C)nc2ccccn12. The molecule has 0 aliphatic carbocycles. The number of ether oxygens (including phenoxy) is 1. The highest BCUT2D eigenvalue weighted by atomic mass is 16.5. The lowest BCUT2D eigenvalue weighted by atomic mass is 10.00. The normalized spacial score (nSPS) is 22.7. The van der Waals surface area contributed by atoms with E-state index in [1.165, 1.54) is 12.1 Å². The highest BCUT2D eigenvalue weighted by Gasteiger charge is 2.26. The highest BCUT2D eigenvalue weighted by molar-refractivity contribution is 5.42. The van der Waals surface area contributed by atoms with Crippen molar-refractivity contribution >= 4 is 5.65 Å². The van der Waals surface area contributed by atoms with E-state index < -0.39 is 0 Å². The van der Waals surface area contributed by atoms with Crippen LogP contribution in [0, 0.1) is 12.8 Å². The van der Waals surface area contributed by atoms with Gasteiger partial charge in [0.15, 0.2) is 0 Å². The van der Waals surface area contributed by atoms with Crippen molar-refractivity contribution in [2.75, 3.05) is 13.2 Å². The highest BCUT2D eigenvalue weighted by Crippen LogP contribution is 2.22. The van der Waals surface area contributed by atoms with Gasteiger partial charge in [-0.3, -0.25) is 0 Å². The predicted octanol–water partition coefficient (Wildman–Crippen LogP) is 2.55. The van der Waals surface area contributed by atoms with Gasteiger partial charge in [0.2, 0.25) is 0 Å². The van der Waals surface area contributed by atoms with E-state index in [1.54, 1.807) is 0 Å². The van der Waals surface area contributed by atoms with E-state index in [9.17, 15) is 0 Å². The molecule has 108 valence electrons. The second-order valence-corrected chi connectivity index (χ2v) is 5.57. The second kappa shape index (κ2) is 5.94. The Balaban J connectivity index is 1.64. The number of pyridine rings is 1. The summed E-state index contributed by atoms with van der Waals surface area (Å²) in [5, 5.41) is 3.59. The second-order valence-electron chi connectivity index (χ2n) is 5.57. The molecular formula is C16H23N3O. The standard InChI is InChI=1S/C16H23N3O/c1-3-15-13(7-9-20-15)10-17-11-14-12(2)18-16-6-4-5-8-19(14)16/h4-6,8,13,15,17H,3,7,9-11H2,1-2H3. The van der Waals surface area contributed by atoms with Crippen LogP contribution in [0.5, 0.6) is 0 Å². The number of hydrogen-bond acceptors (Lipinski definition) is 3. The lowest BCUT2D eigenvalue weighted by Gasteiger charge is -2.17. The van der Waals surface area contributed by atoms with Gasteiger partial charge in [-0.15, -0.1) is 0 Å². The number of aryl methyl sites for hydroxylation is 1. The molecule has 2 aromatic rings. The van der Waals surface area contributed by atoms with Crippen molar-refractivity contribution in [3.8, 4) is 0 Å². The third kappa shape index (κ3) is 2.58.